The summed E-state index contributed by atoms with van der Waals surface area (Å²) in [5.41, 5.74) is 6.82. The van der Waals surface area contributed by atoms with E-state index in [1.54, 1.807) is 0 Å². The molecule has 106 valence electrons. The average molecular weight is 309 g/mol. The zero-order valence-corrected chi connectivity index (χ0v) is 12.4. The van der Waals surface area contributed by atoms with Crippen LogP contribution < -0.4 is 11.1 Å². The lowest BCUT2D eigenvalue weighted by Crippen LogP contribution is -2.11. The fourth-order valence-electron chi connectivity index (χ4n) is 2.00. The topological polar surface area (TPSA) is 85.1 Å². The van der Waals surface area contributed by atoms with E-state index in [2.05, 4.69) is 9.69 Å². The third-order valence-electron chi connectivity index (χ3n) is 3.22. The number of hydrogen-bond donors (Lipinski definition) is 2. The molecule has 0 spiro atoms. The van der Waals surface area contributed by atoms with Crippen LogP contribution in [0.2, 0.25) is 0 Å². The summed E-state index contributed by atoms with van der Waals surface area (Å²) in [4.78, 5) is 0.181. The normalized spacial score (nSPS) is 15.2. The molecule has 7 heteroatoms. The number of nitrogen functional groups attached to an aromatic ring is 1. The van der Waals surface area contributed by atoms with Crippen molar-refractivity contribution in [1.29, 1.82) is 0 Å². The summed E-state index contributed by atoms with van der Waals surface area (Å²) in [5.74, 6) is 0.109. The van der Waals surface area contributed by atoms with E-state index in [-0.39, 0.29) is 16.0 Å². The van der Waals surface area contributed by atoms with E-state index in [0.29, 0.717) is 11.5 Å². The van der Waals surface area contributed by atoms with Gasteiger partial charge >= 0.3 is 0 Å². The molecule has 0 atom stereocenters. The molecule has 1 saturated carbocycles. The van der Waals surface area contributed by atoms with Gasteiger partial charge in [-0.1, -0.05) is 30.3 Å². The fraction of sp³-hybridized carbons (Fsp3) is 0.308. The van der Waals surface area contributed by atoms with Crippen LogP contribution in [0.15, 0.2) is 35.2 Å². The van der Waals surface area contributed by atoms with E-state index in [4.69, 9.17) is 5.73 Å². The van der Waals surface area contributed by atoms with E-state index in [9.17, 15) is 8.42 Å². The molecule has 0 unspecified atom stereocenters. The largest absolute Gasteiger partial charge is 0.382 e. The predicted molar refractivity (Wildman–Crippen MR) is 80.5 cm³/mol. The Bertz CT molecular complexity index is 706. The number of aromatic nitrogens is 1. The van der Waals surface area contributed by atoms with Crippen molar-refractivity contribution in [3.8, 4) is 0 Å². The highest BCUT2D eigenvalue weighted by Crippen LogP contribution is 2.41. The lowest BCUT2D eigenvalue weighted by molar-refractivity contribution is 0.595. The molecule has 5 nitrogen and oxygen atoms in total. The number of nitrogens with two attached hydrogens (primary N) is 1. The Morgan fingerprint density at radius 1 is 1.30 bits per heavy atom. The number of nitrogens with one attached hydrogen (secondary N) is 1. The van der Waals surface area contributed by atoms with Crippen molar-refractivity contribution in [1.82, 2.24) is 4.37 Å². The smallest absolute Gasteiger partial charge is 0.187 e. The van der Waals surface area contributed by atoms with Crippen LogP contribution in [0.1, 0.15) is 18.4 Å². The molecular formula is C13H15N3O2S2. The Kier molecular flexibility index (Phi) is 3.39. The summed E-state index contributed by atoms with van der Waals surface area (Å²) < 4.78 is 28.7. The van der Waals surface area contributed by atoms with E-state index in [1.807, 2.05) is 30.3 Å². The second kappa shape index (κ2) is 5.06. The van der Waals surface area contributed by atoms with Gasteiger partial charge in [0.25, 0.3) is 0 Å². The molecule has 3 N–H and O–H groups in total. The molecule has 0 saturated heterocycles. The van der Waals surface area contributed by atoms with Gasteiger partial charge in [-0.2, -0.15) is 4.37 Å². The number of sulfone groups is 1. The Morgan fingerprint density at radius 2 is 2.00 bits per heavy atom. The second-order valence-electron chi connectivity index (χ2n) is 4.81. The number of nitrogens with zero attached hydrogens (tertiary/aromatic N) is 1. The number of hydrogen-bond acceptors (Lipinski definition) is 6. The second-order valence-corrected chi connectivity index (χ2v) is 7.75. The monoisotopic (exact) mass is 309 g/mol. The predicted octanol–water partition coefficient (Wildman–Crippen LogP) is 2.27. The lowest BCUT2D eigenvalue weighted by atomic mass is 10.2. The highest BCUT2D eigenvalue weighted by atomic mass is 32.2. The van der Waals surface area contributed by atoms with Crippen LogP contribution in [0.25, 0.3) is 0 Å². The Balaban J connectivity index is 1.84. The van der Waals surface area contributed by atoms with Crippen LogP contribution in [0.5, 0.6) is 0 Å². The van der Waals surface area contributed by atoms with Gasteiger partial charge in [-0.15, -0.1) is 0 Å². The quantitative estimate of drug-likeness (QED) is 0.885. The van der Waals surface area contributed by atoms with Crippen LogP contribution in [0.3, 0.4) is 0 Å². The number of rotatable bonds is 5. The first kappa shape index (κ1) is 13.4. The Hall–Kier alpha value is -1.60. The molecule has 0 bridgehead atoms. The molecule has 0 amide bonds. The zero-order valence-electron chi connectivity index (χ0n) is 10.7. The first-order valence-electron chi connectivity index (χ1n) is 6.36. The van der Waals surface area contributed by atoms with E-state index >= 15 is 0 Å². The summed E-state index contributed by atoms with van der Waals surface area (Å²) >= 11 is 1.10. The van der Waals surface area contributed by atoms with Crippen molar-refractivity contribution in [2.24, 2.45) is 0 Å². The van der Waals surface area contributed by atoms with Crippen molar-refractivity contribution in [3.05, 3.63) is 35.9 Å². The van der Waals surface area contributed by atoms with Crippen molar-refractivity contribution in [2.75, 3.05) is 11.1 Å². The molecule has 1 aromatic heterocycles. The first-order chi connectivity index (χ1) is 9.59. The maximum atomic E-state index is 12.4. The molecule has 1 aliphatic carbocycles. The average Bonchev–Trinajstić information content (AvgIpc) is 3.22. The van der Waals surface area contributed by atoms with E-state index < -0.39 is 9.84 Å². The molecule has 0 radical (unpaired) electrons. The van der Waals surface area contributed by atoms with Crippen LogP contribution in [0.4, 0.5) is 10.8 Å². The minimum atomic E-state index is -3.33. The molecule has 1 heterocycles. The SMILES string of the molecule is Nc1nsc(NCc2ccccc2)c1S(=O)(=O)C1CC1. The van der Waals surface area contributed by atoms with Crippen molar-refractivity contribution in [2.45, 2.75) is 29.5 Å². The zero-order chi connectivity index (χ0) is 14.2. The summed E-state index contributed by atoms with van der Waals surface area (Å²) in [7, 11) is -3.33. The highest BCUT2D eigenvalue weighted by molar-refractivity contribution is 7.92. The summed E-state index contributed by atoms with van der Waals surface area (Å²) in [5, 5.41) is 3.40. The van der Waals surface area contributed by atoms with Crippen LogP contribution in [-0.4, -0.2) is 18.0 Å². The molecule has 1 fully saturated rings. The maximum absolute atomic E-state index is 12.4. The summed E-state index contributed by atoms with van der Waals surface area (Å²) in [6.07, 6.45) is 1.44. The van der Waals surface area contributed by atoms with E-state index in [0.717, 1.165) is 29.9 Å². The molecule has 1 aliphatic rings. The van der Waals surface area contributed by atoms with Gasteiger partial charge in [0.1, 0.15) is 9.90 Å². The van der Waals surface area contributed by atoms with Gasteiger partial charge in [0.05, 0.1) is 5.25 Å². The third-order valence-corrected chi connectivity index (χ3v) is 6.50. The number of anilines is 2. The van der Waals surface area contributed by atoms with Gasteiger partial charge < -0.3 is 11.1 Å². The van der Waals surface area contributed by atoms with Gasteiger partial charge in [-0.05, 0) is 29.9 Å². The maximum Gasteiger partial charge on any atom is 0.187 e. The van der Waals surface area contributed by atoms with Crippen LogP contribution >= 0.6 is 11.5 Å². The Morgan fingerprint density at radius 3 is 2.65 bits per heavy atom. The van der Waals surface area contributed by atoms with Gasteiger partial charge in [0.2, 0.25) is 0 Å². The van der Waals surface area contributed by atoms with Crippen LogP contribution in [-0.2, 0) is 16.4 Å². The van der Waals surface area contributed by atoms with Gasteiger partial charge in [-0.25, -0.2) is 8.42 Å². The molecular weight excluding hydrogens is 294 g/mol. The minimum Gasteiger partial charge on any atom is -0.382 e. The highest BCUT2D eigenvalue weighted by Gasteiger charge is 2.40. The molecule has 3 rings (SSSR count). The standard InChI is InChI=1S/C13H15N3O2S2/c14-12-11(20(17,18)10-6-7-10)13(19-16-12)15-8-9-4-2-1-3-5-9/h1-5,10,15H,6-8H2,(H2,14,16). The fourth-order valence-corrected chi connectivity index (χ4v) is 4.89. The lowest BCUT2D eigenvalue weighted by Gasteiger charge is -2.07. The van der Waals surface area contributed by atoms with Crippen molar-refractivity contribution >= 4 is 32.2 Å². The number of benzene rings is 1. The van der Waals surface area contributed by atoms with Gasteiger partial charge in [0.15, 0.2) is 15.7 Å². The molecule has 2 aromatic rings. The summed E-state index contributed by atoms with van der Waals surface area (Å²) in [6, 6.07) is 9.79. The first-order valence-corrected chi connectivity index (χ1v) is 8.68. The van der Waals surface area contributed by atoms with Gasteiger partial charge in [-0.3, -0.25) is 0 Å². The van der Waals surface area contributed by atoms with Crippen molar-refractivity contribution in [3.63, 3.8) is 0 Å². The van der Waals surface area contributed by atoms with E-state index in [1.165, 1.54) is 0 Å². The molecule has 1 aromatic carbocycles. The van der Waals surface area contributed by atoms with Crippen LogP contribution in [0, 0.1) is 0 Å². The molecule has 0 aliphatic heterocycles. The Labute approximate surface area is 121 Å². The minimum absolute atomic E-state index is 0.109. The molecule has 20 heavy (non-hydrogen) atoms. The van der Waals surface area contributed by atoms with Crippen molar-refractivity contribution < 1.29 is 8.42 Å². The van der Waals surface area contributed by atoms with Gasteiger partial charge in [0, 0.05) is 6.54 Å². The summed E-state index contributed by atoms with van der Waals surface area (Å²) in [6.45, 7) is 0.551. The third kappa shape index (κ3) is 2.51.